The van der Waals surface area contributed by atoms with E-state index in [4.69, 9.17) is 9.47 Å². The van der Waals surface area contributed by atoms with Crippen LogP contribution in [0.3, 0.4) is 0 Å². The van der Waals surface area contributed by atoms with Crippen LogP contribution in [0.4, 0.5) is 0 Å². The van der Waals surface area contributed by atoms with Crippen LogP contribution in [0.15, 0.2) is 48.5 Å². The molecule has 0 aliphatic rings. The molecular formula is C15H15BrO2. The maximum absolute atomic E-state index is 5.38. The molecule has 0 bridgehead atoms. The molecule has 1 unspecified atom stereocenters. The maximum Gasteiger partial charge on any atom is 0.123 e. The van der Waals surface area contributed by atoms with Crippen molar-refractivity contribution in [1.82, 2.24) is 0 Å². The highest BCUT2D eigenvalue weighted by Gasteiger charge is 2.14. The number of para-hydroxylation sites is 1. The third-order valence-electron chi connectivity index (χ3n) is 2.82. The van der Waals surface area contributed by atoms with Gasteiger partial charge in [-0.25, -0.2) is 0 Å². The van der Waals surface area contributed by atoms with Gasteiger partial charge in [0, 0.05) is 5.56 Å². The predicted octanol–water partition coefficient (Wildman–Crippen LogP) is 4.19. The van der Waals surface area contributed by atoms with Crippen molar-refractivity contribution in [3.8, 4) is 11.5 Å². The van der Waals surface area contributed by atoms with Crippen molar-refractivity contribution in [3.05, 3.63) is 59.7 Å². The van der Waals surface area contributed by atoms with E-state index in [2.05, 4.69) is 22.0 Å². The average molecular weight is 307 g/mol. The second-order valence-electron chi connectivity index (χ2n) is 3.88. The summed E-state index contributed by atoms with van der Waals surface area (Å²) in [4.78, 5) is 0.111. The number of methoxy groups -OCH3 is 2. The summed E-state index contributed by atoms with van der Waals surface area (Å²) in [6.45, 7) is 0. The van der Waals surface area contributed by atoms with Gasteiger partial charge in [0.05, 0.1) is 19.0 Å². The number of hydrogen-bond donors (Lipinski definition) is 0. The van der Waals surface area contributed by atoms with Gasteiger partial charge in [-0.2, -0.15) is 0 Å². The summed E-state index contributed by atoms with van der Waals surface area (Å²) in [5.41, 5.74) is 2.28. The van der Waals surface area contributed by atoms with Gasteiger partial charge in [0.2, 0.25) is 0 Å². The zero-order valence-corrected chi connectivity index (χ0v) is 12.0. The lowest BCUT2D eigenvalue weighted by Crippen LogP contribution is -1.96. The molecule has 1 atom stereocenters. The fraction of sp³-hybridized carbons (Fsp3) is 0.200. The normalized spacial score (nSPS) is 11.9. The van der Waals surface area contributed by atoms with Gasteiger partial charge < -0.3 is 9.47 Å². The monoisotopic (exact) mass is 306 g/mol. The molecule has 0 fully saturated rings. The first-order valence-electron chi connectivity index (χ1n) is 5.67. The predicted molar refractivity (Wildman–Crippen MR) is 76.8 cm³/mol. The Bertz CT molecular complexity index is 508. The lowest BCUT2D eigenvalue weighted by Gasteiger charge is -2.14. The first kappa shape index (κ1) is 13.0. The summed E-state index contributed by atoms with van der Waals surface area (Å²) >= 11 is 3.71. The fourth-order valence-electron chi connectivity index (χ4n) is 1.83. The van der Waals surface area contributed by atoms with Crippen molar-refractivity contribution in [3.63, 3.8) is 0 Å². The summed E-state index contributed by atoms with van der Waals surface area (Å²) in [6.07, 6.45) is 0. The Balaban J connectivity index is 2.31. The van der Waals surface area contributed by atoms with Crippen LogP contribution >= 0.6 is 15.9 Å². The molecule has 0 aromatic heterocycles. The number of rotatable bonds is 4. The third kappa shape index (κ3) is 2.67. The Morgan fingerprint density at radius 1 is 0.889 bits per heavy atom. The summed E-state index contributed by atoms with van der Waals surface area (Å²) in [5, 5.41) is 0. The van der Waals surface area contributed by atoms with Crippen LogP contribution in [0, 0.1) is 0 Å². The smallest absolute Gasteiger partial charge is 0.123 e. The minimum absolute atomic E-state index is 0.111. The molecule has 3 heteroatoms. The molecule has 94 valence electrons. The van der Waals surface area contributed by atoms with E-state index < -0.39 is 0 Å². The summed E-state index contributed by atoms with van der Waals surface area (Å²) in [5.74, 6) is 1.74. The highest BCUT2D eigenvalue weighted by atomic mass is 79.9. The van der Waals surface area contributed by atoms with E-state index in [-0.39, 0.29) is 4.83 Å². The van der Waals surface area contributed by atoms with Gasteiger partial charge in [-0.1, -0.05) is 46.3 Å². The standard InChI is InChI=1S/C15H15BrO2/c1-17-12-9-7-11(8-10-12)15(16)13-5-3-4-6-14(13)18-2/h3-10,15H,1-2H3. The number of hydrogen-bond acceptors (Lipinski definition) is 2. The van der Waals surface area contributed by atoms with E-state index in [9.17, 15) is 0 Å². The molecule has 2 aromatic carbocycles. The van der Waals surface area contributed by atoms with Crippen LogP contribution in [-0.4, -0.2) is 14.2 Å². The minimum Gasteiger partial charge on any atom is -0.497 e. The summed E-state index contributed by atoms with van der Waals surface area (Å²) in [6, 6.07) is 16.0. The molecule has 0 N–H and O–H groups in total. The van der Waals surface area contributed by atoms with Crippen molar-refractivity contribution in [2.45, 2.75) is 4.83 Å². The fourth-order valence-corrected chi connectivity index (χ4v) is 2.51. The molecular weight excluding hydrogens is 292 g/mol. The molecule has 18 heavy (non-hydrogen) atoms. The zero-order chi connectivity index (χ0) is 13.0. The second-order valence-corrected chi connectivity index (χ2v) is 4.79. The molecule has 0 amide bonds. The highest BCUT2D eigenvalue weighted by molar-refractivity contribution is 9.09. The van der Waals surface area contributed by atoms with Crippen molar-refractivity contribution < 1.29 is 9.47 Å². The van der Waals surface area contributed by atoms with E-state index >= 15 is 0 Å². The van der Waals surface area contributed by atoms with E-state index in [0.717, 1.165) is 17.1 Å². The first-order chi connectivity index (χ1) is 8.76. The van der Waals surface area contributed by atoms with Gasteiger partial charge in [0.25, 0.3) is 0 Å². The second kappa shape index (κ2) is 5.91. The average Bonchev–Trinajstić information content (AvgIpc) is 2.46. The Morgan fingerprint density at radius 2 is 1.56 bits per heavy atom. The van der Waals surface area contributed by atoms with Crippen LogP contribution in [0.25, 0.3) is 0 Å². The molecule has 0 radical (unpaired) electrons. The van der Waals surface area contributed by atoms with Gasteiger partial charge in [-0.05, 0) is 23.8 Å². The van der Waals surface area contributed by atoms with Gasteiger partial charge in [-0.15, -0.1) is 0 Å². The van der Waals surface area contributed by atoms with Gasteiger partial charge in [0.1, 0.15) is 11.5 Å². The summed E-state index contributed by atoms with van der Waals surface area (Å²) < 4.78 is 10.5. The van der Waals surface area contributed by atoms with Crippen LogP contribution in [0.5, 0.6) is 11.5 Å². The van der Waals surface area contributed by atoms with Crippen LogP contribution in [0.2, 0.25) is 0 Å². The minimum atomic E-state index is 0.111. The molecule has 2 rings (SSSR count). The highest BCUT2D eigenvalue weighted by Crippen LogP contribution is 2.36. The molecule has 0 saturated heterocycles. The lowest BCUT2D eigenvalue weighted by atomic mass is 10.0. The first-order valence-corrected chi connectivity index (χ1v) is 6.58. The molecule has 2 aromatic rings. The Morgan fingerprint density at radius 3 is 2.17 bits per heavy atom. The van der Waals surface area contributed by atoms with Crippen molar-refractivity contribution in [2.75, 3.05) is 14.2 Å². The zero-order valence-electron chi connectivity index (χ0n) is 10.4. The molecule has 0 aliphatic heterocycles. The number of benzene rings is 2. The molecule has 2 nitrogen and oxygen atoms in total. The van der Waals surface area contributed by atoms with Crippen molar-refractivity contribution in [2.24, 2.45) is 0 Å². The number of alkyl halides is 1. The van der Waals surface area contributed by atoms with Crippen LogP contribution in [-0.2, 0) is 0 Å². The Hall–Kier alpha value is -1.48. The Labute approximate surface area is 116 Å². The molecule has 0 heterocycles. The van der Waals surface area contributed by atoms with Crippen molar-refractivity contribution in [1.29, 1.82) is 0 Å². The lowest BCUT2D eigenvalue weighted by molar-refractivity contribution is 0.410. The van der Waals surface area contributed by atoms with E-state index in [1.165, 1.54) is 5.56 Å². The van der Waals surface area contributed by atoms with E-state index in [1.54, 1.807) is 14.2 Å². The number of halogens is 1. The topological polar surface area (TPSA) is 18.5 Å². The SMILES string of the molecule is COc1ccc(C(Br)c2ccccc2OC)cc1. The quantitative estimate of drug-likeness (QED) is 0.789. The maximum atomic E-state index is 5.38. The third-order valence-corrected chi connectivity index (χ3v) is 3.84. The van der Waals surface area contributed by atoms with Crippen LogP contribution < -0.4 is 9.47 Å². The van der Waals surface area contributed by atoms with Gasteiger partial charge >= 0.3 is 0 Å². The largest absolute Gasteiger partial charge is 0.497 e. The molecule has 0 aliphatic carbocycles. The van der Waals surface area contributed by atoms with Gasteiger partial charge in [-0.3, -0.25) is 0 Å². The molecule has 0 saturated carbocycles. The van der Waals surface area contributed by atoms with E-state index in [0.29, 0.717) is 0 Å². The molecule has 0 spiro atoms. The van der Waals surface area contributed by atoms with E-state index in [1.807, 2.05) is 42.5 Å². The number of ether oxygens (including phenoxy) is 2. The van der Waals surface area contributed by atoms with Crippen molar-refractivity contribution >= 4 is 15.9 Å². The van der Waals surface area contributed by atoms with Crippen LogP contribution in [0.1, 0.15) is 16.0 Å². The van der Waals surface area contributed by atoms with Gasteiger partial charge in [0.15, 0.2) is 0 Å². The summed E-state index contributed by atoms with van der Waals surface area (Å²) in [7, 11) is 3.35. The Kier molecular flexibility index (Phi) is 4.26.